The molecule has 1 atom stereocenters. The predicted molar refractivity (Wildman–Crippen MR) is 71.9 cm³/mol. The molecule has 1 unspecified atom stereocenters. The topological polar surface area (TPSA) is 41.5 Å². The molecule has 96 valence electrons. The number of aryl methyl sites for hydroxylation is 1. The van der Waals surface area contributed by atoms with Gasteiger partial charge in [-0.3, -0.25) is 0 Å². The zero-order valence-electron chi connectivity index (χ0n) is 11.6. The third-order valence-electron chi connectivity index (χ3n) is 3.24. The summed E-state index contributed by atoms with van der Waals surface area (Å²) in [5.74, 6) is 0.901. The van der Waals surface area contributed by atoms with Crippen LogP contribution < -0.4 is 10.1 Å². The Hall–Kier alpha value is -1.22. The molecule has 3 heteroatoms. The lowest BCUT2D eigenvalue weighted by molar-refractivity contribution is 0.0649. The molecule has 0 aliphatic carbocycles. The normalized spacial score (nSPS) is 13.4. The quantitative estimate of drug-likeness (QED) is 0.846. The summed E-state index contributed by atoms with van der Waals surface area (Å²) in [5, 5.41) is 13.2. The molecular formula is C14H23NO2. The average molecular weight is 237 g/mol. The van der Waals surface area contributed by atoms with E-state index in [2.05, 4.69) is 5.32 Å². The largest absolute Gasteiger partial charge is 0.496 e. The number of anilines is 1. The fraction of sp³-hybridized carbons (Fsp3) is 0.571. The van der Waals surface area contributed by atoms with Gasteiger partial charge in [-0.2, -0.15) is 0 Å². The van der Waals surface area contributed by atoms with Crippen molar-refractivity contribution in [2.45, 2.75) is 46.3 Å². The van der Waals surface area contributed by atoms with Crippen LogP contribution in [0.1, 0.15) is 31.9 Å². The minimum absolute atomic E-state index is 0.0337. The van der Waals surface area contributed by atoms with Crippen LogP contribution in [0.5, 0.6) is 5.75 Å². The van der Waals surface area contributed by atoms with Gasteiger partial charge in [-0.15, -0.1) is 0 Å². The van der Waals surface area contributed by atoms with Gasteiger partial charge in [-0.1, -0.05) is 6.07 Å². The summed E-state index contributed by atoms with van der Waals surface area (Å²) >= 11 is 0. The van der Waals surface area contributed by atoms with E-state index >= 15 is 0 Å². The highest BCUT2D eigenvalue weighted by molar-refractivity contribution is 5.60. The van der Waals surface area contributed by atoms with Gasteiger partial charge in [0.15, 0.2) is 0 Å². The van der Waals surface area contributed by atoms with Crippen molar-refractivity contribution >= 4 is 5.69 Å². The summed E-state index contributed by atoms with van der Waals surface area (Å²) in [5.41, 5.74) is 2.43. The first-order valence-electron chi connectivity index (χ1n) is 5.90. The monoisotopic (exact) mass is 237 g/mol. The third-order valence-corrected chi connectivity index (χ3v) is 3.24. The smallest absolute Gasteiger partial charge is 0.126 e. The molecule has 0 saturated carbocycles. The van der Waals surface area contributed by atoms with Crippen molar-refractivity contribution in [1.29, 1.82) is 0 Å². The molecular weight excluding hydrogens is 214 g/mol. The first-order chi connectivity index (χ1) is 7.77. The fourth-order valence-electron chi connectivity index (χ4n) is 1.71. The molecule has 3 nitrogen and oxygen atoms in total. The second-order valence-electron chi connectivity index (χ2n) is 5.11. The molecule has 0 heterocycles. The second-order valence-corrected chi connectivity index (χ2v) is 5.11. The van der Waals surface area contributed by atoms with Crippen molar-refractivity contribution in [3.63, 3.8) is 0 Å². The molecule has 1 aromatic rings. The maximum absolute atomic E-state index is 9.93. The number of rotatable bonds is 4. The van der Waals surface area contributed by atoms with E-state index in [4.69, 9.17) is 4.74 Å². The van der Waals surface area contributed by atoms with E-state index in [0.717, 1.165) is 22.6 Å². The van der Waals surface area contributed by atoms with Crippen LogP contribution in [0.2, 0.25) is 0 Å². The molecule has 1 aromatic carbocycles. The molecule has 0 spiro atoms. The summed E-state index contributed by atoms with van der Waals surface area (Å²) < 4.78 is 5.38. The number of hydrogen-bond donors (Lipinski definition) is 2. The molecule has 0 fully saturated rings. The minimum Gasteiger partial charge on any atom is -0.496 e. The highest BCUT2D eigenvalue weighted by Crippen LogP contribution is 2.30. The zero-order chi connectivity index (χ0) is 13.2. The highest BCUT2D eigenvalue weighted by atomic mass is 16.5. The highest BCUT2D eigenvalue weighted by Gasteiger charge is 2.22. The number of hydrogen-bond acceptors (Lipinski definition) is 3. The number of benzene rings is 1. The number of methoxy groups -OCH3 is 1. The van der Waals surface area contributed by atoms with E-state index in [9.17, 15) is 5.11 Å². The lowest BCUT2D eigenvalue weighted by Gasteiger charge is -2.28. The van der Waals surface area contributed by atoms with Gasteiger partial charge in [-0.25, -0.2) is 0 Å². The number of nitrogens with one attached hydrogen (secondary N) is 1. The number of aliphatic hydroxyl groups is 1. The van der Waals surface area contributed by atoms with Gasteiger partial charge in [0.2, 0.25) is 0 Å². The predicted octanol–water partition coefficient (Wildman–Crippen LogP) is 2.88. The summed E-state index contributed by atoms with van der Waals surface area (Å²) in [4.78, 5) is 0. The van der Waals surface area contributed by atoms with Crippen molar-refractivity contribution < 1.29 is 9.84 Å². The Balaban J connectivity index is 3.01. The van der Waals surface area contributed by atoms with Crippen molar-refractivity contribution in [2.75, 3.05) is 12.4 Å². The summed E-state index contributed by atoms with van der Waals surface area (Å²) in [7, 11) is 1.68. The molecule has 0 radical (unpaired) electrons. The van der Waals surface area contributed by atoms with Crippen molar-refractivity contribution in [1.82, 2.24) is 0 Å². The molecule has 0 amide bonds. The molecule has 0 aliphatic rings. The van der Waals surface area contributed by atoms with Gasteiger partial charge in [0, 0.05) is 11.3 Å². The van der Waals surface area contributed by atoms with Crippen LogP contribution in [0.4, 0.5) is 5.69 Å². The van der Waals surface area contributed by atoms with Crippen molar-refractivity contribution in [3.05, 3.63) is 23.3 Å². The van der Waals surface area contributed by atoms with E-state index in [1.807, 2.05) is 32.9 Å². The van der Waals surface area contributed by atoms with Crippen molar-refractivity contribution in [3.8, 4) is 5.75 Å². The van der Waals surface area contributed by atoms with E-state index in [1.165, 1.54) is 0 Å². The second kappa shape index (κ2) is 4.96. The van der Waals surface area contributed by atoms with Gasteiger partial charge in [-0.05, 0) is 46.2 Å². The Bertz CT molecular complexity index is 394. The van der Waals surface area contributed by atoms with Gasteiger partial charge in [0.1, 0.15) is 5.75 Å². The Kier molecular flexibility index (Phi) is 4.04. The van der Waals surface area contributed by atoms with Crippen LogP contribution in [0.3, 0.4) is 0 Å². The number of ether oxygens (including phenoxy) is 1. The molecule has 0 aliphatic heterocycles. The summed E-state index contributed by atoms with van der Waals surface area (Å²) in [6, 6.07) is 4.01. The van der Waals surface area contributed by atoms with Crippen LogP contribution in [0, 0.1) is 13.8 Å². The van der Waals surface area contributed by atoms with Gasteiger partial charge >= 0.3 is 0 Å². The van der Waals surface area contributed by atoms with E-state index in [0.29, 0.717) is 0 Å². The fourth-order valence-corrected chi connectivity index (χ4v) is 1.71. The molecule has 0 bridgehead atoms. The SMILES string of the molecule is COc1c(C)ccc(NC(C)C(C)(C)O)c1C. The first-order valence-corrected chi connectivity index (χ1v) is 5.90. The molecule has 0 aromatic heterocycles. The maximum Gasteiger partial charge on any atom is 0.126 e. The average Bonchev–Trinajstić information content (AvgIpc) is 2.21. The van der Waals surface area contributed by atoms with Gasteiger partial charge in [0.05, 0.1) is 18.8 Å². The minimum atomic E-state index is -0.759. The van der Waals surface area contributed by atoms with Crippen LogP contribution in [0.15, 0.2) is 12.1 Å². The Labute approximate surface area is 104 Å². The van der Waals surface area contributed by atoms with E-state index in [1.54, 1.807) is 21.0 Å². The van der Waals surface area contributed by atoms with Crippen LogP contribution in [-0.4, -0.2) is 23.9 Å². The van der Waals surface area contributed by atoms with Gasteiger partial charge < -0.3 is 15.2 Å². The molecule has 2 N–H and O–H groups in total. The zero-order valence-corrected chi connectivity index (χ0v) is 11.6. The Morgan fingerprint density at radius 1 is 1.29 bits per heavy atom. The first kappa shape index (κ1) is 13.8. The van der Waals surface area contributed by atoms with E-state index < -0.39 is 5.60 Å². The Morgan fingerprint density at radius 3 is 2.35 bits per heavy atom. The Morgan fingerprint density at radius 2 is 1.88 bits per heavy atom. The maximum atomic E-state index is 9.93. The van der Waals surface area contributed by atoms with Crippen LogP contribution in [-0.2, 0) is 0 Å². The molecule has 17 heavy (non-hydrogen) atoms. The van der Waals surface area contributed by atoms with E-state index in [-0.39, 0.29) is 6.04 Å². The standard InChI is InChI=1S/C14H23NO2/c1-9-7-8-12(10(2)13(9)17-6)15-11(3)14(4,5)16/h7-8,11,15-16H,1-6H3. The van der Waals surface area contributed by atoms with Crippen LogP contribution in [0.25, 0.3) is 0 Å². The van der Waals surface area contributed by atoms with Crippen molar-refractivity contribution in [2.24, 2.45) is 0 Å². The lowest BCUT2D eigenvalue weighted by Crippen LogP contribution is -2.39. The molecule has 0 saturated heterocycles. The summed E-state index contributed by atoms with van der Waals surface area (Å²) in [6.07, 6.45) is 0. The lowest BCUT2D eigenvalue weighted by atomic mass is 9.99. The molecule has 1 rings (SSSR count). The summed E-state index contributed by atoms with van der Waals surface area (Å²) in [6.45, 7) is 9.60. The van der Waals surface area contributed by atoms with Gasteiger partial charge in [0.25, 0.3) is 0 Å². The van der Waals surface area contributed by atoms with Crippen LogP contribution >= 0.6 is 0 Å². The third kappa shape index (κ3) is 3.13.